The Kier molecular flexibility index (Phi) is 3.94. The van der Waals surface area contributed by atoms with Crippen LogP contribution in [0.4, 0.5) is 10.3 Å². The van der Waals surface area contributed by atoms with E-state index in [1.165, 1.54) is 18.3 Å². The second kappa shape index (κ2) is 6.19. The van der Waals surface area contributed by atoms with Crippen LogP contribution in [0.5, 0.6) is 0 Å². The summed E-state index contributed by atoms with van der Waals surface area (Å²) >= 11 is 0. The van der Waals surface area contributed by atoms with Gasteiger partial charge in [0.2, 0.25) is 5.95 Å². The van der Waals surface area contributed by atoms with Crippen LogP contribution in [-0.4, -0.2) is 36.3 Å². The Bertz CT molecular complexity index is 1180. The number of benzene rings is 1. The highest BCUT2D eigenvalue weighted by atomic mass is 19.1. The molecule has 27 heavy (non-hydrogen) atoms. The zero-order chi connectivity index (χ0) is 19.2. The van der Waals surface area contributed by atoms with Gasteiger partial charge in [-0.2, -0.15) is 10.1 Å². The Hall–Kier alpha value is -3.23. The first-order valence-corrected chi connectivity index (χ1v) is 8.68. The number of rotatable bonds is 4. The van der Waals surface area contributed by atoms with Crippen molar-refractivity contribution in [3.8, 4) is 0 Å². The molecule has 1 aromatic carbocycles. The van der Waals surface area contributed by atoms with Gasteiger partial charge in [0.05, 0.1) is 22.8 Å². The number of nitrogens with one attached hydrogen (secondary N) is 3. The van der Waals surface area contributed by atoms with Gasteiger partial charge in [-0.3, -0.25) is 9.78 Å². The molecule has 0 atom stereocenters. The highest BCUT2D eigenvalue weighted by Crippen LogP contribution is 2.19. The number of aromatic amines is 2. The van der Waals surface area contributed by atoms with Gasteiger partial charge in [-0.1, -0.05) is 0 Å². The maximum atomic E-state index is 13.3. The molecule has 0 unspecified atom stereocenters. The summed E-state index contributed by atoms with van der Waals surface area (Å²) in [5, 5.41) is 7.85. The molecule has 0 aliphatic carbocycles. The van der Waals surface area contributed by atoms with E-state index < -0.39 is 0 Å². The number of halogens is 1. The number of fused-ring (bicyclic) bond motifs is 2. The number of imidazole rings is 1. The van der Waals surface area contributed by atoms with Crippen molar-refractivity contribution in [3.63, 3.8) is 0 Å². The Morgan fingerprint density at radius 3 is 2.81 bits per heavy atom. The third-order valence-electron chi connectivity index (χ3n) is 4.22. The molecule has 0 amide bonds. The molecule has 0 bridgehead atoms. The molecule has 0 aliphatic rings. The predicted octanol–water partition coefficient (Wildman–Crippen LogP) is 2.54. The van der Waals surface area contributed by atoms with Crippen LogP contribution in [-0.2, 0) is 12.0 Å². The highest BCUT2D eigenvalue weighted by Gasteiger charge is 2.19. The average Bonchev–Trinajstić information content (AvgIpc) is 3.18. The smallest absolute Gasteiger partial charge is 0.263 e. The molecule has 0 spiro atoms. The van der Waals surface area contributed by atoms with Crippen molar-refractivity contribution in [3.05, 3.63) is 46.4 Å². The van der Waals surface area contributed by atoms with Crippen LogP contribution in [0.1, 0.15) is 26.6 Å². The van der Waals surface area contributed by atoms with E-state index in [4.69, 9.17) is 0 Å². The molecule has 0 saturated heterocycles. The number of anilines is 1. The SMILES string of the molecule is CC(C)(C)n1ncc2c(=O)[nH]c(NCCc3nc4ccc(F)cc4[nH]3)nc21. The summed E-state index contributed by atoms with van der Waals surface area (Å²) < 4.78 is 15.0. The Morgan fingerprint density at radius 2 is 2.04 bits per heavy atom. The maximum absolute atomic E-state index is 13.3. The number of hydrogen-bond acceptors (Lipinski definition) is 5. The van der Waals surface area contributed by atoms with Crippen LogP contribution in [0.2, 0.25) is 0 Å². The van der Waals surface area contributed by atoms with Gasteiger partial charge in [0.1, 0.15) is 17.0 Å². The number of H-pyrrole nitrogens is 2. The molecular formula is C18H20FN7O. The summed E-state index contributed by atoms with van der Waals surface area (Å²) in [6.07, 6.45) is 2.10. The molecule has 3 N–H and O–H groups in total. The van der Waals surface area contributed by atoms with Gasteiger partial charge in [-0.25, -0.2) is 14.1 Å². The summed E-state index contributed by atoms with van der Waals surface area (Å²) in [5.41, 5.74) is 1.38. The van der Waals surface area contributed by atoms with Crippen LogP contribution < -0.4 is 10.9 Å². The van der Waals surface area contributed by atoms with Crippen molar-refractivity contribution in [1.82, 2.24) is 29.7 Å². The fourth-order valence-corrected chi connectivity index (χ4v) is 2.95. The molecule has 4 rings (SSSR count). The van der Waals surface area contributed by atoms with E-state index in [0.717, 1.165) is 5.82 Å². The van der Waals surface area contributed by atoms with E-state index in [0.29, 0.717) is 41.0 Å². The van der Waals surface area contributed by atoms with Crippen LogP contribution in [0.3, 0.4) is 0 Å². The van der Waals surface area contributed by atoms with Gasteiger partial charge in [-0.05, 0) is 39.0 Å². The van der Waals surface area contributed by atoms with Gasteiger partial charge >= 0.3 is 0 Å². The normalized spacial score (nSPS) is 12.1. The summed E-state index contributed by atoms with van der Waals surface area (Å²) in [4.78, 5) is 27.0. The standard InChI is InChI=1S/C18H20FN7O/c1-18(2,3)26-15-11(9-21-26)16(27)25-17(24-15)20-7-6-14-22-12-5-4-10(19)8-13(12)23-14/h4-5,8-9H,6-7H2,1-3H3,(H,22,23)(H2,20,24,25,27). The Balaban J connectivity index is 1.53. The molecule has 3 aromatic heterocycles. The van der Waals surface area contributed by atoms with E-state index in [1.807, 2.05) is 20.8 Å². The van der Waals surface area contributed by atoms with Crippen molar-refractivity contribution >= 4 is 28.0 Å². The predicted molar refractivity (Wildman–Crippen MR) is 101 cm³/mol. The van der Waals surface area contributed by atoms with Crippen LogP contribution in [0.25, 0.3) is 22.1 Å². The summed E-state index contributed by atoms with van der Waals surface area (Å²) in [6, 6.07) is 4.44. The van der Waals surface area contributed by atoms with Crippen molar-refractivity contribution < 1.29 is 4.39 Å². The molecule has 0 radical (unpaired) electrons. The van der Waals surface area contributed by atoms with Crippen molar-refractivity contribution in [2.75, 3.05) is 11.9 Å². The molecule has 3 heterocycles. The second-order valence-electron chi connectivity index (χ2n) is 7.40. The topological polar surface area (TPSA) is 104 Å². The van der Waals surface area contributed by atoms with Gasteiger partial charge in [0.15, 0.2) is 5.65 Å². The monoisotopic (exact) mass is 369 g/mol. The van der Waals surface area contributed by atoms with Crippen molar-refractivity contribution in [1.29, 1.82) is 0 Å². The minimum absolute atomic E-state index is 0.239. The number of hydrogen-bond donors (Lipinski definition) is 3. The second-order valence-corrected chi connectivity index (χ2v) is 7.40. The highest BCUT2D eigenvalue weighted by molar-refractivity contribution is 5.75. The Morgan fingerprint density at radius 1 is 1.22 bits per heavy atom. The third-order valence-corrected chi connectivity index (χ3v) is 4.22. The van der Waals surface area contributed by atoms with Gasteiger partial charge in [0.25, 0.3) is 5.56 Å². The third kappa shape index (κ3) is 3.27. The van der Waals surface area contributed by atoms with Crippen LogP contribution in [0.15, 0.2) is 29.2 Å². The van der Waals surface area contributed by atoms with Crippen LogP contribution in [0, 0.1) is 5.82 Å². The zero-order valence-electron chi connectivity index (χ0n) is 15.3. The Labute approximate surface area is 153 Å². The fraction of sp³-hybridized carbons (Fsp3) is 0.333. The van der Waals surface area contributed by atoms with Crippen LogP contribution >= 0.6 is 0 Å². The molecule has 140 valence electrons. The van der Waals surface area contributed by atoms with Gasteiger partial charge < -0.3 is 10.3 Å². The van der Waals surface area contributed by atoms with Gasteiger partial charge in [-0.15, -0.1) is 0 Å². The molecular weight excluding hydrogens is 349 g/mol. The summed E-state index contributed by atoms with van der Waals surface area (Å²) in [5.74, 6) is 0.799. The number of aromatic nitrogens is 6. The van der Waals surface area contributed by atoms with Crippen molar-refractivity contribution in [2.45, 2.75) is 32.7 Å². The lowest BCUT2D eigenvalue weighted by atomic mass is 10.1. The lowest BCUT2D eigenvalue weighted by Crippen LogP contribution is -2.24. The summed E-state index contributed by atoms with van der Waals surface area (Å²) in [6.45, 7) is 6.50. The average molecular weight is 369 g/mol. The van der Waals surface area contributed by atoms with E-state index in [1.54, 1.807) is 10.7 Å². The minimum Gasteiger partial charge on any atom is -0.355 e. The van der Waals surface area contributed by atoms with E-state index in [-0.39, 0.29) is 16.9 Å². The zero-order valence-corrected chi connectivity index (χ0v) is 15.3. The first-order chi connectivity index (χ1) is 12.8. The molecule has 0 saturated carbocycles. The van der Waals surface area contributed by atoms with Crippen molar-refractivity contribution in [2.24, 2.45) is 0 Å². The van der Waals surface area contributed by atoms with E-state index in [2.05, 4.69) is 30.4 Å². The fourth-order valence-electron chi connectivity index (χ4n) is 2.95. The minimum atomic E-state index is -0.304. The quantitative estimate of drug-likeness (QED) is 0.513. The molecule has 9 heteroatoms. The van der Waals surface area contributed by atoms with E-state index in [9.17, 15) is 9.18 Å². The molecule has 0 fully saturated rings. The van der Waals surface area contributed by atoms with E-state index >= 15 is 0 Å². The lowest BCUT2D eigenvalue weighted by Gasteiger charge is -2.19. The first kappa shape index (κ1) is 17.2. The molecule has 4 aromatic rings. The largest absolute Gasteiger partial charge is 0.355 e. The first-order valence-electron chi connectivity index (χ1n) is 8.68. The van der Waals surface area contributed by atoms with Gasteiger partial charge in [0, 0.05) is 13.0 Å². The summed E-state index contributed by atoms with van der Waals surface area (Å²) in [7, 11) is 0. The molecule has 0 aliphatic heterocycles. The molecule has 8 nitrogen and oxygen atoms in total. The maximum Gasteiger partial charge on any atom is 0.263 e. The lowest BCUT2D eigenvalue weighted by molar-refractivity contribution is 0.366. The number of nitrogens with zero attached hydrogens (tertiary/aromatic N) is 4.